The molecule has 0 N–H and O–H groups in total. The van der Waals surface area contributed by atoms with Crippen LogP contribution in [0.1, 0.15) is 39.3 Å². The van der Waals surface area contributed by atoms with E-state index in [-0.39, 0.29) is 0 Å². The molecule has 0 saturated heterocycles. The SMILES string of the molecule is CCCOc1cncc(CC(Br)CC(C)C)n1. The van der Waals surface area contributed by atoms with Gasteiger partial charge < -0.3 is 4.74 Å². The van der Waals surface area contributed by atoms with Crippen LogP contribution in [-0.2, 0) is 6.42 Å². The van der Waals surface area contributed by atoms with Crippen LogP contribution in [0.15, 0.2) is 12.4 Å². The zero-order chi connectivity index (χ0) is 12.7. The molecule has 0 spiro atoms. The summed E-state index contributed by atoms with van der Waals surface area (Å²) < 4.78 is 5.47. The van der Waals surface area contributed by atoms with Gasteiger partial charge in [-0.05, 0) is 18.8 Å². The van der Waals surface area contributed by atoms with Gasteiger partial charge in [-0.2, -0.15) is 0 Å². The lowest BCUT2D eigenvalue weighted by atomic mass is 10.1. The Hall–Kier alpha value is -0.640. The van der Waals surface area contributed by atoms with Crippen LogP contribution in [0.5, 0.6) is 5.88 Å². The first-order chi connectivity index (χ1) is 8.11. The molecular formula is C13H21BrN2O. The van der Waals surface area contributed by atoms with Crippen molar-refractivity contribution in [1.29, 1.82) is 0 Å². The van der Waals surface area contributed by atoms with Gasteiger partial charge in [0.2, 0.25) is 5.88 Å². The van der Waals surface area contributed by atoms with E-state index in [1.54, 1.807) is 6.20 Å². The standard InChI is InChI=1S/C13H21BrN2O/c1-4-5-17-13-9-15-8-12(16-13)7-11(14)6-10(2)3/h8-11H,4-7H2,1-3H3. The Kier molecular flexibility index (Phi) is 6.48. The Morgan fingerprint density at radius 1 is 1.35 bits per heavy atom. The molecule has 0 saturated carbocycles. The van der Waals surface area contributed by atoms with Crippen molar-refractivity contribution in [3.63, 3.8) is 0 Å². The third-order valence-electron chi connectivity index (χ3n) is 2.27. The Labute approximate surface area is 112 Å². The molecule has 1 atom stereocenters. The van der Waals surface area contributed by atoms with Gasteiger partial charge in [0.25, 0.3) is 0 Å². The van der Waals surface area contributed by atoms with Crippen molar-refractivity contribution in [3.05, 3.63) is 18.1 Å². The summed E-state index contributed by atoms with van der Waals surface area (Å²) in [6.45, 7) is 7.22. The number of alkyl halides is 1. The van der Waals surface area contributed by atoms with E-state index in [9.17, 15) is 0 Å². The highest BCUT2D eigenvalue weighted by Crippen LogP contribution is 2.17. The quantitative estimate of drug-likeness (QED) is 0.722. The maximum Gasteiger partial charge on any atom is 0.232 e. The van der Waals surface area contributed by atoms with Gasteiger partial charge in [0.1, 0.15) is 0 Å². The second-order valence-electron chi connectivity index (χ2n) is 4.63. The summed E-state index contributed by atoms with van der Waals surface area (Å²) in [5.74, 6) is 1.32. The van der Waals surface area contributed by atoms with Gasteiger partial charge in [-0.3, -0.25) is 4.98 Å². The van der Waals surface area contributed by atoms with Crippen molar-refractivity contribution < 1.29 is 4.74 Å². The van der Waals surface area contributed by atoms with Gasteiger partial charge in [-0.1, -0.05) is 36.7 Å². The molecule has 4 heteroatoms. The summed E-state index contributed by atoms with van der Waals surface area (Å²) in [4.78, 5) is 9.06. The highest BCUT2D eigenvalue weighted by Gasteiger charge is 2.09. The van der Waals surface area contributed by atoms with Crippen LogP contribution in [0.2, 0.25) is 0 Å². The molecule has 96 valence electrons. The van der Waals surface area contributed by atoms with Crippen molar-refractivity contribution in [2.75, 3.05) is 6.61 Å². The van der Waals surface area contributed by atoms with E-state index in [0.29, 0.717) is 23.2 Å². The van der Waals surface area contributed by atoms with Gasteiger partial charge in [0.15, 0.2) is 0 Å². The topological polar surface area (TPSA) is 35.0 Å². The van der Waals surface area contributed by atoms with E-state index < -0.39 is 0 Å². The summed E-state index contributed by atoms with van der Waals surface area (Å²) in [5.41, 5.74) is 0.987. The molecule has 0 aliphatic carbocycles. The van der Waals surface area contributed by atoms with E-state index >= 15 is 0 Å². The van der Waals surface area contributed by atoms with Crippen molar-refractivity contribution in [2.45, 2.75) is 44.9 Å². The van der Waals surface area contributed by atoms with Crippen molar-refractivity contribution >= 4 is 15.9 Å². The first-order valence-electron chi connectivity index (χ1n) is 6.19. The lowest BCUT2D eigenvalue weighted by molar-refractivity contribution is 0.303. The van der Waals surface area contributed by atoms with Gasteiger partial charge in [0.05, 0.1) is 18.5 Å². The Morgan fingerprint density at radius 3 is 2.76 bits per heavy atom. The van der Waals surface area contributed by atoms with Crippen molar-refractivity contribution in [2.24, 2.45) is 5.92 Å². The largest absolute Gasteiger partial charge is 0.477 e. The number of halogens is 1. The van der Waals surface area contributed by atoms with Gasteiger partial charge in [0, 0.05) is 17.4 Å². The van der Waals surface area contributed by atoms with Crippen LogP contribution in [0.25, 0.3) is 0 Å². The number of hydrogen-bond acceptors (Lipinski definition) is 3. The van der Waals surface area contributed by atoms with Crippen LogP contribution in [0.4, 0.5) is 0 Å². The fraction of sp³-hybridized carbons (Fsp3) is 0.692. The molecule has 0 aliphatic rings. The second kappa shape index (κ2) is 7.64. The fourth-order valence-corrected chi connectivity index (χ4v) is 2.66. The molecule has 1 aromatic heterocycles. The van der Waals surface area contributed by atoms with Gasteiger partial charge in [-0.25, -0.2) is 4.98 Å². The molecule has 0 aliphatic heterocycles. The number of nitrogens with zero attached hydrogens (tertiary/aromatic N) is 2. The fourth-order valence-electron chi connectivity index (χ4n) is 1.58. The van der Waals surface area contributed by atoms with Crippen LogP contribution in [0.3, 0.4) is 0 Å². The Morgan fingerprint density at radius 2 is 2.12 bits per heavy atom. The highest BCUT2D eigenvalue weighted by molar-refractivity contribution is 9.09. The summed E-state index contributed by atoms with van der Waals surface area (Å²) >= 11 is 3.68. The normalized spacial score (nSPS) is 12.8. The minimum Gasteiger partial charge on any atom is -0.477 e. The molecule has 1 unspecified atom stereocenters. The lowest BCUT2D eigenvalue weighted by Crippen LogP contribution is -2.09. The van der Waals surface area contributed by atoms with E-state index in [1.807, 2.05) is 6.20 Å². The zero-order valence-corrected chi connectivity index (χ0v) is 12.4. The minimum absolute atomic E-state index is 0.457. The molecule has 1 aromatic rings. The Bertz CT molecular complexity index is 331. The van der Waals surface area contributed by atoms with Crippen LogP contribution in [0, 0.1) is 5.92 Å². The first-order valence-corrected chi connectivity index (χ1v) is 7.11. The van der Waals surface area contributed by atoms with E-state index in [0.717, 1.165) is 25.0 Å². The molecule has 0 aromatic carbocycles. The van der Waals surface area contributed by atoms with Crippen molar-refractivity contribution in [3.8, 4) is 5.88 Å². The number of hydrogen-bond donors (Lipinski definition) is 0. The summed E-state index contributed by atoms with van der Waals surface area (Å²) in [6.07, 6.45) is 6.51. The predicted molar refractivity (Wildman–Crippen MR) is 73.7 cm³/mol. The molecular weight excluding hydrogens is 280 g/mol. The molecule has 1 rings (SSSR count). The smallest absolute Gasteiger partial charge is 0.232 e. The minimum atomic E-state index is 0.457. The molecule has 0 bridgehead atoms. The van der Waals surface area contributed by atoms with Crippen LogP contribution < -0.4 is 4.74 Å². The van der Waals surface area contributed by atoms with Gasteiger partial charge >= 0.3 is 0 Å². The second-order valence-corrected chi connectivity index (χ2v) is 5.92. The maximum absolute atomic E-state index is 5.47. The predicted octanol–water partition coefficient (Wildman–Crippen LogP) is 3.62. The van der Waals surface area contributed by atoms with Crippen LogP contribution in [-0.4, -0.2) is 21.4 Å². The number of rotatable bonds is 7. The maximum atomic E-state index is 5.47. The number of ether oxygens (including phenoxy) is 1. The third-order valence-corrected chi connectivity index (χ3v) is 2.97. The van der Waals surface area contributed by atoms with E-state index in [1.165, 1.54) is 0 Å². The van der Waals surface area contributed by atoms with Crippen LogP contribution >= 0.6 is 15.9 Å². The molecule has 0 radical (unpaired) electrons. The zero-order valence-electron chi connectivity index (χ0n) is 10.8. The monoisotopic (exact) mass is 300 g/mol. The highest BCUT2D eigenvalue weighted by atomic mass is 79.9. The number of aromatic nitrogens is 2. The average molecular weight is 301 g/mol. The molecule has 0 amide bonds. The molecule has 1 heterocycles. The van der Waals surface area contributed by atoms with E-state index in [2.05, 4.69) is 46.7 Å². The Balaban J connectivity index is 2.52. The summed E-state index contributed by atoms with van der Waals surface area (Å²) in [6, 6.07) is 0. The first kappa shape index (κ1) is 14.4. The molecule has 3 nitrogen and oxygen atoms in total. The molecule has 17 heavy (non-hydrogen) atoms. The lowest BCUT2D eigenvalue weighted by Gasteiger charge is -2.12. The third kappa shape index (κ3) is 6.01. The summed E-state index contributed by atoms with van der Waals surface area (Å²) in [5, 5.41) is 0. The summed E-state index contributed by atoms with van der Waals surface area (Å²) in [7, 11) is 0. The average Bonchev–Trinajstić information content (AvgIpc) is 2.25. The van der Waals surface area contributed by atoms with Gasteiger partial charge in [-0.15, -0.1) is 0 Å². The van der Waals surface area contributed by atoms with E-state index in [4.69, 9.17) is 4.74 Å². The van der Waals surface area contributed by atoms with Crippen molar-refractivity contribution in [1.82, 2.24) is 9.97 Å². The molecule has 0 fully saturated rings.